The molecule has 0 aliphatic heterocycles. The number of aromatic nitrogens is 2. The first-order chi connectivity index (χ1) is 12.0. The van der Waals surface area contributed by atoms with Crippen molar-refractivity contribution < 1.29 is 13.2 Å². The summed E-state index contributed by atoms with van der Waals surface area (Å²) in [5.41, 5.74) is 1.81. The number of nitrogens with zero attached hydrogens (tertiary/aromatic N) is 2. The molecule has 0 bridgehead atoms. The van der Waals surface area contributed by atoms with Gasteiger partial charge in [-0.25, -0.2) is 13.4 Å². The maximum atomic E-state index is 12.3. The van der Waals surface area contributed by atoms with E-state index in [0.29, 0.717) is 18.4 Å². The van der Waals surface area contributed by atoms with Gasteiger partial charge in [-0.2, -0.15) is 0 Å². The summed E-state index contributed by atoms with van der Waals surface area (Å²) in [4.78, 5) is 16.8. The maximum Gasteiger partial charge on any atom is 0.241 e. The Hall–Kier alpha value is -1.89. The first kappa shape index (κ1) is 17.9. The molecule has 1 aromatic heterocycles. The smallest absolute Gasteiger partial charge is 0.241 e. The summed E-state index contributed by atoms with van der Waals surface area (Å²) >= 11 is 0. The van der Waals surface area contributed by atoms with Gasteiger partial charge in [0.2, 0.25) is 11.9 Å². The van der Waals surface area contributed by atoms with Crippen molar-refractivity contribution in [2.45, 2.75) is 51.5 Å². The molecule has 136 valence electrons. The highest BCUT2D eigenvalue weighted by atomic mass is 32.2. The molecule has 1 aliphatic rings. The number of anilines is 1. The molecule has 1 aromatic carbocycles. The molecule has 1 N–H and O–H groups in total. The Kier molecular flexibility index (Phi) is 5.42. The topological polar surface area (TPSA) is 81.1 Å². The molecule has 0 spiro atoms. The highest BCUT2D eigenvalue weighted by Crippen LogP contribution is 2.34. The van der Waals surface area contributed by atoms with E-state index < -0.39 is 21.5 Å². The summed E-state index contributed by atoms with van der Waals surface area (Å²) in [6, 6.07) is 8.08. The number of carbonyl (C=O) groups is 1. The van der Waals surface area contributed by atoms with Crippen LogP contribution < -0.4 is 5.32 Å². The number of para-hydroxylation sites is 2. The minimum absolute atomic E-state index is 0.0272. The summed E-state index contributed by atoms with van der Waals surface area (Å²) in [7, 11) is -3.37. The van der Waals surface area contributed by atoms with Crippen molar-refractivity contribution in [3.8, 4) is 0 Å². The fourth-order valence-corrected chi connectivity index (χ4v) is 4.82. The quantitative estimate of drug-likeness (QED) is 0.854. The monoisotopic (exact) mass is 363 g/mol. The van der Waals surface area contributed by atoms with Gasteiger partial charge in [0.05, 0.1) is 16.8 Å². The van der Waals surface area contributed by atoms with Gasteiger partial charge in [0.25, 0.3) is 0 Å². The molecule has 1 aliphatic carbocycles. The van der Waals surface area contributed by atoms with Gasteiger partial charge in [-0.3, -0.25) is 10.1 Å². The number of sulfone groups is 1. The third kappa shape index (κ3) is 4.21. The fraction of sp³-hybridized carbons (Fsp3) is 0.556. The summed E-state index contributed by atoms with van der Waals surface area (Å²) in [5.74, 6) is -0.514. The first-order valence-corrected chi connectivity index (χ1v) is 10.8. The molecule has 0 unspecified atom stereocenters. The number of imidazole rings is 1. The third-order valence-corrected chi connectivity index (χ3v) is 6.39. The molecule has 7 heteroatoms. The number of hydrogen-bond acceptors (Lipinski definition) is 4. The Morgan fingerprint density at radius 1 is 1.24 bits per heavy atom. The van der Waals surface area contributed by atoms with Crippen molar-refractivity contribution in [2.75, 3.05) is 16.8 Å². The van der Waals surface area contributed by atoms with Crippen LogP contribution in [0.5, 0.6) is 0 Å². The van der Waals surface area contributed by atoms with E-state index in [1.165, 1.54) is 6.42 Å². The average Bonchev–Trinajstić information content (AvgIpc) is 2.92. The van der Waals surface area contributed by atoms with E-state index in [2.05, 4.69) is 14.9 Å². The molecule has 0 radical (unpaired) electrons. The fourth-order valence-electron chi connectivity index (χ4n) is 3.59. The number of rotatable bonds is 6. The van der Waals surface area contributed by atoms with Gasteiger partial charge in [-0.1, -0.05) is 38.3 Å². The van der Waals surface area contributed by atoms with E-state index in [1.54, 1.807) is 6.92 Å². The van der Waals surface area contributed by atoms with Crippen LogP contribution >= 0.6 is 0 Å². The Morgan fingerprint density at radius 3 is 2.68 bits per heavy atom. The van der Waals surface area contributed by atoms with Gasteiger partial charge in [0.15, 0.2) is 9.84 Å². The molecular formula is C18H25N3O3S. The number of carbonyl (C=O) groups excluding carboxylic acids is 1. The van der Waals surface area contributed by atoms with E-state index in [-0.39, 0.29) is 5.75 Å². The summed E-state index contributed by atoms with van der Waals surface area (Å²) < 4.78 is 25.9. The van der Waals surface area contributed by atoms with Crippen molar-refractivity contribution in [1.82, 2.24) is 9.55 Å². The van der Waals surface area contributed by atoms with Crippen LogP contribution in [0, 0.1) is 0 Å². The normalized spacial score (nSPS) is 16.2. The van der Waals surface area contributed by atoms with E-state index in [0.717, 1.165) is 36.7 Å². The lowest BCUT2D eigenvalue weighted by atomic mass is 9.95. The zero-order chi connectivity index (χ0) is 17.9. The lowest BCUT2D eigenvalue weighted by Gasteiger charge is -2.25. The molecule has 0 saturated heterocycles. The molecule has 6 nitrogen and oxygen atoms in total. The second-order valence-electron chi connectivity index (χ2n) is 6.73. The molecule has 1 amide bonds. The highest BCUT2D eigenvalue weighted by Gasteiger charge is 2.23. The van der Waals surface area contributed by atoms with Crippen LogP contribution in [0.25, 0.3) is 11.0 Å². The van der Waals surface area contributed by atoms with Crippen LogP contribution in [0.1, 0.15) is 51.5 Å². The van der Waals surface area contributed by atoms with Crippen molar-refractivity contribution in [3.05, 3.63) is 24.3 Å². The van der Waals surface area contributed by atoms with Gasteiger partial charge in [-0.05, 0) is 31.4 Å². The van der Waals surface area contributed by atoms with Crippen LogP contribution in [0.2, 0.25) is 0 Å². The van der Waals surface area contributed by atoms with Crippen LogP contribution in [-0.2, 0) is 14.6 Å². The van der Waals surface area contributed by atoms with Crippen LogP contribution in [0.15, 0.2) is 24.3 Å². The largest absolute Gasteiger partial charge is 0.307 e. The van der Waals surface area contributed by atoms with Crippen molar-refractivity contribution >= 4 is 32.7 Å². The molecule has 1 fully saturated rings. The van der Waals surface area contributed by atoms with Gasteiger partial charge < -0.3 is 4.57 Å². The Balaban J connectivity index is 1.89. The second kappa shape index (κ2) is 7.56. The van der Waals surface area contributed by atoms with E-state index in [1.807, 2.05) is 24.3 Å². The maximum absolute atomic E-state index is 12.3. The SMILES string of the molecule is CCCS(=O)(=O)CC(=O)Nc1nc2ccccc2n1C1CCCCC1. The van der Waals surface area contributed by atoms with E-state index in [4.69, 9.17) is 0 Å². The Morgan fingerprint density at radius 2 is 1.96 bits per heavy atom. The molecule has 25 heavy (non-hydrogen) atoms. The standard InChI is InChI=1S/C18H25N3O3S/c1-2-12-25(23,24)13-17(22)20-18-19-15-10-6-7-11-16(15)21(18)14-8-4-3-5-9-14/h6-7,10-11,14H,2-5,8-9,12-13H2,1H3,(H,19,20,22). The number of amides is 1. The number of fused-ring (bicyclic) bond motifs is 1. The number of benzene rings is 1. The van der Waals surface area contributed by atoms with Gasteiger partial charge >= 0.3 is 0 Å². The van der Waals surface area contributed by atoms with Gasteiger partial charge in [-0.15, -0.1) is 0 Å². The van der Waals surface area contributed by atoms with Gasteiger partial charge in [0, 0.05) is 6.04 Å². The summed E-state index contributed by atoms with van der Waals surface area (Å²) in [6.45, 7) is 1.79. The van der Waals surface area contributed by atoms with Crippen LogP contribution in [0.3, 0.4) is 0 Å². The molecule has 1 saturated carbocycles. The minimum Gasteiger partial charge on any atom is -0.307 e. The first-order valence-electron chi connectivity index (χ1n) is 8.97. The van der Waals surface area contributed by atoms with Gasteiger partial charge in [0.1, 0.15) is 5.75 Å². The Labute approximate surface area is 148 Å². The van der Waals surface area contributed by atoms with Crippen molar-refractivity contribution in [3.63, 3.8) is 0 Å². The predicted molar refractivity (Wildman–Crippen MR) is 99.4 cm³/mol. The van der Waals surface area contributed by atoms with Crippen molar-refractivity contribution in [1.29, 1.82) is 0 Å². The predicted octanol–water partition coefficient (Wildman–Crippen LogP) is 3.30. The van der Waals surface area contributed by atoms with E-state index in [9.17, 15) is 13.2 Å². The lowest BCUT2D eigenvalue weighted by molar-refractivity contribution is -0.114. The molecule has 3 rings (SSSR count). The lowest BCUT2D eigenvalue weighted by Crippen LogP contribution is -2.27. The van der Waals surface area contributed by atoms with Crippen LogP contribution in [-0.4, -0.2) is 35.4 Å². The molecule has 1 heterocycles. The summed E-state index contributed by atoms with van der Waals surface area (Å²) in [6.07, 6.45) is 6.18. The number of nitrogens with one attached hydrogen (secondary N) is 1. The van der Waals surface area contributed by atoms with Crippen LogP contribution in [0.4, 0.5) is 5.95 Å². The molecule has 2 aromatic rings. The summed E-state index contributed by atoms with van der Waals surface area (Å²) in [5, 5.41) is 2.75. The average molecular weight is 363 g/mol. The minimum atomic E-state index is -3.37. The zero-order valence-electron chi connectivity index (χ0n) is 14.6. The second-order valence-corrected chi connectivity index (χ2v) is 8.91. The third-order valence-electron chi connectivity index (χ3n) is 4.65. The zero-order valence-corrected chi connectivity index (χ0v) is 15.4. The van der Waals surface area contributed by atoms with E-state index >= 15 is 0 Å². The molecular weight excluding hydrogens is 338 g/mol. The highest BCUT2D eigenvalue weighted by molar-refractivity contribution is 7.92. The Bertz CT molecular complexity index is 852. The molecule has 0 atom stereocenters. The van der Waals surface area contributed by atoms with Crippen molar-refractivity contribution in [2.24, 2.45) is 0 Å². The number of hydrogen-bond donors (Lipinski definition) is 1.